The van der Waals surface area contributed by atoms with Gasteiger partial charge in [-0.1, -0.05) is 29.8 Å². The Morgan fingerprint density at radius 2 is 2.11 bits per heavy atom. The van der Waals surface area contributed by atoms with E-state index in [1.54, 1.807) is 0 Å². The van der Waals surface area contributed by atoms with Crippen LogP contribution in [0.25, 0.3) is 0 Å². The summed E-state index contributed by atoms with van der Waals surface area (Å²) in [5.41, 5.74) is 6.67. The molecule has 0 spiro atoms. The number of hydrogen-bond acceptors (Lipinski definition) is 2. The van der Waals surface area contributed by atoms with E-state index in [1.807, 2.05) is 24.3 Å². The Labute approximate surface area is 115 Å². The fourth-order valence-electron chi connectivity index (χ4n) is 1.81. The minimum absolute atomic E-state index is 0.607. The average molecular weight is 268 g/mol. The smallest absolute Gasteiger partial charge is 0.141 e. The number of nitrogens with two attached hydrogens (primary N) is 1. The van der Waals surface area contributed by atoms with Gasteiger partial charge < -0.3 is 10.5 Å². The third-order valence-corrected chi connectivity index (χ3v) is 3.06. The molecule has 0 saturated heterocycles. The second-order valence-corrected chi connectivity index (χ2v) is 4.66. The van der Waals surface area contributed by atoms with Gasteiger partial charge in [0.15, 0.2) is 0 Å². The summed E-state index contributed by atoms with van der Waals surface area (Å²) in [4.78, 5) is 0. The SMILES string of the molecule is C=CCCCCCOc1c(Cl)cccc1CCN. The lowest BCUT2D eigenvalue weighted by molar-refractivity contribution is 0.302. The molecule has 0 aromatic heterocycles. The number of allylic oxidation sites excluding steroid dienone is 1. The second kappa shape index (κ2) is 9.01. The van der Waals surface area contributed by atoms with Gasteiger partial charge in [-0.3, -0.25) is 0 Å². The fraction of sp³-hybridized carbons (Fsp3) is 0.467. The van der Waals surface area contributed by atoms with Gasteiger partial charge in [-0.05, 0) is 50.3 Å². The average Bonchev–Trinajstić information content (AvgIpc) is 2.36. The minimum atomic E-state index is 0.607. The van der Waals surface area contributed by atoms with Crippen molar-refractivity contribution in [3.63, 3.8) is 0 Å². The van der Waals surface area contributed by atoms with E-state index in [-0.39, 0.29) is 0 Å². The van der Waals surface area contributed by atoms with Crippen molar-refractivity contribution in [2.75, 3.05) is 13.2 Å². The summed E-state index contributed by atoms with van der Waals surface area (Å²) >= 11 is 6.15. The lowest BCUT2D eigenvalue weighted by Crippen LogP contribution is -2.06. The van der Waals surface area contributed by atoms with Crippen LogP contribution in [0.5, 0.6) is 5.75 Å². The Morgan fingerprint density at radius 1 is 1.28 bits per heavy atom. The maximum Gasteiger partial charge on any atom is 0.141 e. The molecular weight excluding hydrogens is 246 g/mol. The Hall–Kier alpha value is -0.990. The molecule has 2 N–H and O–H groups in total. The molecule has 0 fully saturated rings. The minimum Gasteiger partial charge on any atom is -0.492 e. The standard InChI is InChI=1S/C15H22ClNO/c1-2-3-4-5-6-12-18-15-13(10-11-17)8-7-9-14(15)16/h2,7-9H,1,3-6,10-12,17H2. The predicted molar refractivity (Wildman–Crippen MR) is 78.4 cm³/mol. The predicted octanol–water partition coefficient (Wildman–Crippen LogP) is 3.97. The van der Waals surface area contributed by atoms with Crippen molar-refractivity contribution in [1.29, 1.82) is 0 Å². The largest absolute Gasteiger partial charge is 0.492 e. The third-order valence-electron chi connectivity index (χ3n) is 2.76. The third kappa shape index (κ3) is 5.11. The van der Waals surface area contributed by atoms with Crippen molar-refractivity contribution in [2.45, 2.75) is 32.1 Å². The Kier molecular flexibility index (Phi) is 7.54. The first-order valence-corrected chi connectivity index (χ1v) is 6.88. The molecule has 1 aromatic rings. The van der Waals surface area contributed by atoms with Crippen LogP contribution in [-0.2, 0) is 6.42 Å². The molecule has 1 aromatic carbocycles. The van der Waals surface area contributed by atoms with E-state index >= 15 is 0 Å². The van der Waals surface area contributed by atoms with E-state index in [0.29, 0.717) is 18.2 Å². The molecule has 0 aliphatic heterocycles. The summed E-state index contributed by atoms with van der Waals surface area (Å²) in [6.45, 7) is 5.02. The molecule has 0 radical (unpaired) electrons. The zero-order chi connectivity index (χ0) is 13.2. The van der Waals surface area contributed by atoms with Crippen LogP contribution in [0.1, 0.15) is 31.2 Å². The molecule has 0 atom stereocenters. The van der Waals surface area contributed by atoms with E-state index in [4.69, 9.17) is 22.1 Å². The molecule has 2 nitrogen and oxygen atoms in total. The summed E-state index contributed by atoms with van der Waals surface area (Å²) in [5, 5.41) is 0.673. The van der Waals surface area contributed by atoms with Crippen molar-refractivity contribution in [3.8, 4) is 5.75 Å². The van der Waals surface area contributed by atoms with Gasteiger partial charge in [-0.15, -0.1) is 6.58 Å². The van der Waals surface area contributed by atoms with Gasteiger partial charge in [0.05, 0.1) is 11.6 Å². The van der Waals surface area contributed by atoms with E-state index in [9.17, 15) is 0 Å². The van der Waals surface area contributed by atoms with Gasteiger partial charge in [-0.25, -0.2) is 0 Å². The summed E-state index contributed by atoms with van der Waals surface area (Å²) in [7, 11) is 0. The van der Waals surface area contributed by atoms with Crippen LogP contribution in [0.2, 0.25) is 5.02 Å². The highest BCUT2D eigenvalue weighted by molar-refractivity contribution is 6.32. The molecule has 0 unspecified atom stereocenters. The molecule has 0 amide bonds. The fourth-order valence-corrected chi connectivity index (χ4v) is 2.06. The highest BCUT2D eigenvalue weighted by atomic mass is 35.5. The number of ether oxygens (including phenoxy) is 1. The van der Waals surface area contributed by atoms with Crippen molar-refractivity contribution in [3.05, 3.63) is 41.4 Å². The van der Waals surface area contributed by atoms with Gasteiger partial charge in [0.1, 0.15) is 5.75 Å². The quantitative estimate of drug-likeness (QED) is 0.543. The van der Waals surface area contributed by atoms with Gasteiger partial charge in [-0.2, -0.15) is 0 Å². The molecule has 100 valence electrons. The molecule has 18 heavy (non-hydrogen) atoms. The first-order chi connectivity index (χ1) is 8.79. The van der Waals surface area contributed by atoms with E-state index in [1.165, 1.54) is 6.42 Å². The zero-order valence-electron chi connectivity index (χ0n) is 10.8. The number of rotatable bonds is 9. The molecule has 0 aliphatic carbocycles. The highest BCUT2D eigenvalue weighted by Gasteiger charge is 2.07. The molecule has 0 bridgehead atoms. The number of hydrogen-bond donors (Lipinski definition) is 1. The molecule has 0 saturated carbocycles. The molecule has 1 rings (SSSR count). The lowest BCUT2D eigenvalue weighted by Gasteiger charge is -2.12. The maximum atomic E-state index is 6.15. The number of halogens is 1. The summed E-state index contributed by atoms with van der Waals surface area (Å²) < 4.78 is 5.79. The second-order valence-electron chi connectivity index (χ2n) is 4.25. The Morgan fingerprint density at radius 3 is 2.83 bits per heavy atom. The lowest BCUT2D eigenvalue weighted by atomic mass is 10.1. The number of para-hydroxylation sites is 1. The van der Waals surface area contributed by atoms with E-state index in [2.05, 4.69) is 6.58 Å². The zero-order valence-corrected chi connectivity index (χ0v) is 11.6. The van der Waals surface area contributed by atoms with Crippen molar-refractivity contribution in [2.24, 2.45) is 5.73 Å². The van der Waals surface area contributed by atoms with Gasteiger partial charge in [0.25, 0.3) is 0 Å². The molecule has 0 aliphatic rings. The van der Waals surface area contributed by atoms with Crippen LogP contribution in [-0.4, -0.2) is 13.2 Å². The first kappa shape index (κ1) is 15.1. The van der Waals surface area contributed by atoms with Crippen LogP contribution < -0.4 is 10.5 Å². The monoisotopic (exact) mass is 267 g/mol. The topological polar surface area (TPSA) is 35.2 Å². The van der Waals surface area contributed by atoms with Crippen molar-refractivity contribution in [1.82, 2.24) is 0 Å². The van der Waals surface area contributed by atoms with Crippen LogP contribution in [0.15, 0.2) is 30.9 Å². The van der Waals surface area contributed by atoms with Crippen LogP contribution in [0.4, 0.5) is 0 Å². The molecule has 0 heterocycles. The van der Waals surface area contributed by atoms with Crippen LogP contribution >= 0.6 is 11.6 Å². The Bertz CT molecular complexity index is 366. The normalized spacial score (nSPS) is 10.3. The van der Waals surface area contributed by atoms with E-state index in [0.717, 1.165) is 37.0 Å². The summed E-state index contributed by atoms with van der Waals surface area (Å²) in [6.07, 6.45) is 7.19. The molecular formula is C15H22ClNO. The van der Waals surface area contributed by atoms with E-state index < -0.39 is 0 Å². The van der Waals surface area contributed by atoms with Crippen LogP contribution in [0.3, 0.4) is 0 Å². The summed E-state index contributed by atoms with van der Waals surface area (Å²) in [5.74, 6) is 0.799. The highest BCUT2D eigenvalue weighted by Crippen LogP contribution is 2.29. The van der Waals surface area contributed by atoms with Crippen molar-refractivity contribution < 1.29 is 4.74 Å². The van der Waals surface area contributed by atoms with Gasteiger partial charge in [0, 0.05) is 0 Å². The molecule has 3 heteroatoms. The first-order valence-electron chi connectivity index (χ1n) is 6.50. The van der Waals surface area contributed by atoms with Gasteiger partial charge >= 0.3 is 0 Å². The maximum absolute atomic E-state index is 6.15. The van der Waals surface area contributed by atoms with Crippen LogP contribution in [0, 0.1) is 0 Å². The Balaban J connectivity index is 2.42. The van der Waals surface area contributed by atoms with Gasteiger partial charge in [0.2, 0.25) is 0 Å². The van der Waals surface area contributed by atoms with Crippen molar-refractivity contribution >= 4 is 11.6 Å². The number of unbranched alkanes of at least 4 members (excludes halogenated alkanes) is 3. The number of benzene rings is 1. The summed E-state index contributed by atoms with van der Waals surface area (Å²) in [6, 6.07) is 5.81.